The quantitative estimate of drug-likeness (QED) is 0.194. The van der Waals surface area contributed by atoms with Crippen molar-refractivity contribution in [3.63, 3.8) is 0 Å². The maximum atomic E-state index is 13.0. The van der Waals surface area contributed by atoms with Crippen LogP contribution in [0.15, 0.2) is 122 Å². The number of carbonyl (C=O) groups is 4. The van der Waals surface area contributed by atoms with Crippen molar-refractivity contribution in [1.29, 1.82) is 0 Å². The van der Waals surface area contributed by atoms with Gasteiger partial charge in [0.2, 0.25) is 0 Å². The van der Waals surface area contributed by atoms with Gasteiger partial charge in [-0.1, -0.05) is 84.9 Å². The maximum Gasteiger partial charge on any atom is 2.00 e. The van der Waals surface area contributed by atoms with Crippen LogP contribution in [0.3, 0.4) is 0 Å². The van der Waals surface area contributed by atoms with Crippen LogP contribution >= 0.6 is 0 Å². The van der Waals surface area contributed by atoms with Gasteiger partial charge in [0.05, 0.1) is 11.4 Å². The van der Waals surface area contributed by atoms with E-state index in [2.05, 4.69) is 29.9 Å². The van der Waals surface area contributed by atoms with Gasteiger partial charge in [-0.15, -0.1) is 0 Å². The fourth-order valence-corrected chi connectivity index (χ4v) is 6.43. The van der Waals surface area contributed by atoms with Gasteiger partial charge in [-0.2, -0.15) is 0 Å². The van der Waals surface area contributed by atoms with Crippen molar-refractivity contribution in [2.24, 2.45) is 0 Å². The molecule has 51 heavy (non-hydrogen) atoms. The van der Waals surface area contributed by atoms with Gasteiger partial charge < -0.3 is 19.9 Å². The molecule has 10 rings (SSSR count). The summed E-state index contributed by atoms with van der Waals surface area (Å²) in [6.07, 6.45) is 3.33. The number of nitrogens with zero attached hydrogens (tertiary/aromatic N) is 6. The molecule has 11 heteroatoms. The minimum absolute atomic E-state index is 0. The molecule has 0 fully saturated rings. The van der Waals surface area contributed by atoms with Crippen LogP contribution in [0, 0.1) is 0 Å². The molecule has 2 aliphatic rings. The van der Waals surface area contributed by atoms with E-state index in [1.807, 2.05) is 36.4 Å². The van der Waals surface area contributed by atoms with E-state index in [-0.39, 0.29) is 42.6 Å². The standard InChI is InChI=1S/2C20H11N3O2.Zn/c2*24-18-11-5-1-2-6-12(11)19(25)16-13(18)8-9-14-17(16)23-20(22-14)15-7-3-4-10-21-15;/h2*1-10H,(H,21,22,23,24,25);/q;;+2/p-2. The van der Waals surface area contributed by atoms with E-state index >= 15 is 0 Å². The van der Waals surface area contributed by atoms with Crippen LogP contribution in [-0.2, 0) is 19.5 Å². The number of imidazole rings is 2. The van der Waals surface area contributed by atoms with Crippen molar-refractivity contribution in [2.75, 3.05) is 0 Å². The maximum absolute atomic E-state index is 13.0. The van der Waals surface area contributed by atoms with E-state index in [0.29, 0.717) is 89.6 Å². The van der Waals surface area contributed by atoms with Gasteiger partial charge in [0.15, 0.2) is 23.1 Å². The SMILES string of the molecule is O=C1c2ccccc2C(=O)c2c1ccc1nc(-c3ccccn3)[n-]c21.O=C1c2ccccc2C(=O)c2c1ccc1nc(-c3ccccn3)[n-]c21.[Zn+2]. The molecular formula is C40H20N6O4Zn. The number of fused-ring (bicyclic) bond motifs is 8. The topological polar surface area (TPSA) is 148 Å². The number of hydrogen-bond donors (Lipinski definition) is 0. The Kier molecular flexibility index (Phi) is 7.69. The Balaban J connectivity index is 0.000000144. The number of hydrogen-bond acceptors (Lipinski definition) is 8. The second-order valence-electron chi connectivity index (χ2n) is 11.6. The Morgan fingerprint density at radius 1 is 0.392 bits per heavy atom. The largest absolute Gasteiger partial charge is 2.00 e. The summed E-state index contributed by atoms with van der Waals surface area (Å²) in [6.45, 7) is 0. The summed E-state index contributed by atoms with van der Waals surface area (Å²) >= 11 is 0. The van der Waals surface area contributed by atoms with Gasteiger partial charge in [0.1, 0.15) is 0 Å². The van der Waals surface area contributed by atoms with Crippen LogP contribution < -0.4 is 9.97 Å². The predicted molar refractivity (Wildman–Crippen MR) is 183 cm³/mol. The Morgan fingerprint density at radius 2 is 0.765 bits per heavy atom. The van der Waals surface area contributed by atoms with Crippen LogP contribution in [0.25, 0.3) is 45.1 Å². The molecule has 8 aromatic rings. The molecule has 2 aliphatic carbocycles. The third kappa shape index (κ3) is 5.05. The number of ketones is 4. The molecule has 0 atom stereocenters. The van der Waals surface area contributed by atoms with Gasteiger partial charge in [-0.3, -0.25) is 29.1 Å². The van der Waals surface area contributed by atoms with E-state index < -0.39 is 0 Å². The van der Waals surface area contributed by atoms with Crippen molar-refractivity contribution < 1.29 is 38.7 Å². The molecule has 0 N–H and O–H groups in total. The predicted octanol–water partition coefficient (Wildman–Crippen LogP) is 6.06. The van der Waals surface area contributed by atoms with E-state index in [4.69, 9.17) is 0 Å². The monoisotopic (exact) mass is 712 g/mol. The van der Waals surface area contributed by atoms with Crippen molar-refractivity contribution in [3.05, 3.63) is 166 Å². The minimum atomic E-state index is -0.191. The van der Waals surface area contributed by atoms with Crippen LogP contribution in [0.4, 0.5) is 0 Å². The van der Waals surface area contributed by atoms with Crippen LogP contribution in [0.5, 0.6) is 0 Å². The summed E-state index contributed by atoms with van der Waals surface area (Å²) in [5.74, 6) is 0.196. The smallest absolute Gasteiger partial charge is 0.434 e. The molecule has 0 unspecified atom stereocenters. The molecule has 0 saturated carbocycles. The van der Waals surface area contributed by atoms with Crippen molar-refractivity contribution >= 4 is 45.2 Å². The summed E-state index contributed by atoms with van der Waals surface area (Å²) in [7, 11) is 0. The molecule has 0 radical (unpaired) electrons. The molecule has 236 valence electrons. The van der Waals surface area contributed by atoms with E-state index in [1.54, 1.807) is 85.2 Å². The second kappa shape index (κ2) is 12.4. The fraction of sp³-hybridized carbons (Fsp3) is 0. The Morgan fingerprint density at radius 3 is 1.14 bits per heavy atom. The average molecular weight is 714 g/mol. The molecule has 0 spiro atoms. The first-order valence-corrected chi connectivity index (χ1v) is 15.6. The minimum Gasteiger partial charge on any atom is -0.434 e. The van der Waals surface area contributed by atoms with Gasteiger partial charge in [0.25, 0.3) is 0 Å². The third-order valence-corrected chi connectivity index (χ3v) is 8.77. The first kappa shape index (κ1) is 31.7. The summed E-state index contributed by atoms with van der Waals surface area (Å²) < 4.78 is 0. The van der Waals surface area contributed by atoms with Crippen molar-refractivity contribution in [3.8, 4) is 23.0 Å². The first-order valence-electron chi connectivity index (χ1n) is 15.6. The number of rotatable bonds is 2. The zero-order chi connectivity index (χ0) is 33.9. The Bertz CT molecular complexity index is 2550. The van der Waals surface area contributed by atoms with Crippen molar-refractivity contribution in [2.45, 2.75) is 0 Å². The van der Waals surface area contributed by atoms with Gasteiger partial charge in [-0.25, -0.2) is 0 Å². The Labute approximate surface area is 301 Å². The molecule has 4 heterocycles. The van der Waals surface area contributed by atoms with Gasteiger partial charge in [0, 0.05) is 56.9 Å². The molecule has 0 bridgehead atoms. The molecule has 4 aromatic heterocycles. The summed E-state index contributed by atoms with van der Waals surface area (Å²) in [5.41, 5.74) is 6.43. The normalized spacial score (nSPS) is 12.7. The zero-order valence-electron chi connectivity index (χ0n) is 26.6. The molecule has 0 saturated heterocycles. The zero-order valence-corrected chi connectivity index (χ0v) is 29.5. The van der Waals surface area contributed by atoms with E-state index in [9.17, 15) is 19.2 Å². The third-order valence-electron chi connectivity index (χ3n) is 8.77. The van der Waals surface area contributed by atoms with Crippen LogP contribution in [0.2, 0.25) is 0 Å². The van der Waals surface area contributed by atoms with Gasteiger partial charge >= 0.3 is 19.5 Å². The molecular weight excluding hydrogens is 694 g/mol. The first-order chi connectivity index (χ1) is 24.5. The average Bonchev–Trinajstić information content (AvgIpc) is 3.82. The molecule has 4 aromatic carbocycles. The fourth-order valence-electron chi connectivity index (χ4n) is 6.43. The van der Waals surface area contributed by atoms with E-state index in [1.165, 1.54) is 0 Å². The number of aromatic nitrogens is 6. The number of benzene rings is 4. The van der Waals surface area contributed by atoms with Crippen LogP contribution in [0.1, 0.15) is 63.7 Å². The summed E-state index contributed by atoms with van der Waals surface area (Å²) in [4.78, 5) is 77.9. The second-order valence-corrected chi connectivity index (χ2v) is 11.6. The molecule has 0 amide bonds. The summed E-state index contributed by atoms with van der Waals surface area (Å²) in [6, 6.07) is 31.5. The van der Waals surface area contributed by atoms with Crippen molar-refractivity contribution in [1.82, 2.24) is 29.9 Å². The number of carbonyl (C=O) groups excluding carboxylic acids is 4. The molecule has 10 nitrogen and oxygen atoms in total. The molecule has 0 aliphatic heterocycles. The Hall–Kier alpha value is -6.58. The number of pyridine rings is 2. The van der Waals surface area contributed by atoms with E-state index in [0.717, 1.165) is 0 Å². The summed E-state index contributed by atoms with van der Waals surface area (Å²) in [5, 5.41) is 0. The van der Waals surface area contributed by atoms with Crippen LogP contribution in [-0.4, -0.2) is 43.1 Å². The van der Waals surface area contributed by atoms with Gasteiger partial charge in [-0.05, 0) is 58.0 Å².